The third kappa shape index (κ3) is 3.69. The Morgan fingerprint density at radius 2 is 2.38 bits per heavy atom. The van der Waals surface area contributed by atoms with Crippen molar-refractivity contribution >= 4 is 11.7 Å². The molecule has 1 rings (SSSR count). The quantitative estimate of drug-likeness (QED) is 0.697. The molecule has 1 aromatic heterocycles. The molecule has 0 atom stereocenters. The second-order valence-corrected chi connectivity index (χ2v) is 2.88. The molecule has 0 saturated heterocycles. The molecule has 1 heterocycles. The molecule has 0 saturated carbocycles. The molecule has 0 unspecified atom stereocenters. The molecule has 1 amide bonds. The van der Waals surface area contributed by atoms with Gasteiger partial charge in [-0.15, -0.1) is 6.42 Å². The van der Waals surface area contributed by atoms with Crippen molar-refractivity contribution in [3.63, 3.8) is 0 Å². The Hall–Kier alpha value is -2.53. The van der Waals surface area contributed by atoms with Gasteiger partial charge in [0, 0.05) is 6.20 Å². The Bertz CT molecular complexity index is 439. The number of hydrogen-bond donors (Lipinski definition) is 2. The van der Waals surface area contributed by atoms with Crippen LogP contribution in [-0.2, 0) is 4.79 Å². The Morgan fingerprint density at radius 1 is 1.56 bits per heavy atom. The Morgan fingerprint density at radius 3 is 2.94 bits per heavy atom. The highest BCUT2D eigenvalue weighted by Gasteiger charge is 2.00. The van der Waals surface area contributed by atoms with Gasteiger partial charge >= 0.3 is 0 Å². The van der Waals surface area contributed by atoms with Crippen LogP contribution >= 0.6 is 0 Å². The fraction of sp³-hybridized carbons (Fsp3) is 0.182. The van der Waals surface area contributed by atoms with Crippen LogP contribution in [0.3, 0.4) is 0 Å². The first-order valence-corrected chi connectivity index (χ1v) is 4.56. The van der Waals surface area contributed by atoms with E-state index in [0.29, 0.717) is 11.4 Å². The first kappa shape index (κ1) is 11.5. The summed E-state index contributed by atoms with van der Waals surface area (Å²) in [6.07, 6.45) is 6.42. The summed E-state index contributed by atoms with van der Waals surface area (Å²) >= 11 is 0. The average Bonchev–Trinajstić information content (AvgIpc) is 2.34. The van der Waals surface area contributed by atoms with Gasteiger partial charge in [0.15, 0.2) is 0 Å². The topological polar surface area (TPSA) is 77.8 Å². The molecule has 0 radical (unpaired) electrons. The number of carbonyl (C=O) groups excluding carboxylic acids is 1. The minimum atomic E-state index is -0.205. The maximum absolute atomic E-state index is 11.1. The van der Waals surface area contributed by atoms with Crippen LogP contribution in [0.25, 0.3) is 0 Å². The predicted molar refractivity (Wildman–Crippen MR) is 59.3 cm³/mol. The van der Waals surface area contributed by atoms with Gasteiger partial charge in [0.2, 0.25) is 5.91 Å². The van der Waals surface area contributed by atoms with Crippen LogP contribution in [0.5, 0.6) is 0 Å². The molecule has 0 aromatic carbocycles. The molecule has 16 heavy (non-hydrogen) atoms. The van der Waals surface area contributed by atoms with Crippen molar-refractivity contribution in [2.75, 3.05) is 18.4 Å². The van der Waals surface area contributed by atoms with E-state index in [1.165, 1.54) is 6.20 Å². The number of terminal acetylenes is 1. The summed E-state index contributed by atoms with van der Waals surface area (Å²) in [5.41, 5.74) is 0.474. The van der Waals surface area contributed by atoms with Crippen LogP contribution in [0, 0.1) is 23.7 Å². The summed E-state index contributed by atoms with van der Waals surface area (Å²) in [6, 6.07) is 5.21. The van der Waals surface area contributed by atoms with Gasteiger partial charge in [-0.05, 0) is 12.1 Å². The predicted octanol–water partition coefficient (Wildman–Crippen LogP) is 0.115. The number of amides is 1. The first-order valence-electron chi connectivity index (χ1n) is 4.56. The van der Waals surface area contributed by atoms with Gasteiger partial charge in [0.25, 0.3) is 0 Å². The largest absolute Gasteiger partial charge is 0.361 e. The van der Waals surface area contributed by atoms with Gasteiger partial charge in [0.1, 0.15) is 11.9 Å². The maximum atomic E-state index is 11.1. The number of carbonyl (C=O) groups is 1. The lowest BCUT2D eigenvalue weighted by atomic mass is 10.3. The highest BCUT2D eigenvalue weighted by molar-refractivity contribution is 5.80. The van der Waals surface area contributed by atoms with Crippen LogP contribution in [-0.4, -0.2) is 24.0 Å². The summed E-state index contributed by atoms with van der Waals surface area (Å²) in [5, 5.41) is 13.9. The molecule has 1 aromatic rings. The number of aromatic nitrogens is 1. The van der Waals surface area contributed by atoms with Crippen LogP contribution < -0.4 is 10.6 Å². The van der Waals surface area contributed by atoms with E-state index in [9.17, 15) is 4.79 Å². The van der Waals surface area contributed by atoms with Crippen molar-refractivity contribution in [2.45, 2.75) is 0 Å². The van der Waals surface area contributed by atoms with Gasteiger partial charge in [0.05, 0.1) is 18.7 Å². The van der Waals surface area contributed by atoms with E-state index in [4.69, 9.17) is 11.7 Å². The zero-order valence-electron chi connectivity index (χ0n) is 8.53. The maximum Gasteiger partial charge on any atom is 0.240 e. The number of nitrogens with zero attached hydrogens (tertiary/aromatic N) is 2. The number of pyridine rings is 1. The fourth-order valence-corrected chi connectivity index (χ4v) is 0.948. The lowest BCUT2D eigenvalue weighted by Gasteiger charge is -2.04. The van der Waals surface area contributed by atoms with Crippen molar-refractivity contribution < 1.29 is 4.79 Å². The van der Waals surface area contributed by atoms with Gasteiger partial charge in [-0.1, -0.05) is 5.92 Å². The van der Waals surface area contributed by atoms with Crippen molar-refractivity contribution in [3.8, 4) is 18.4 Å². The van der Waals surface area contributed by atoms with Crippen molar-refractivity contribution in [1.82, 2.24) is 10.3 Å². The number of anilines is 1. The number of nitrogens with one attached hydrogen (secondary N) is 2. The number of hydrogen-bond acceptors (Lipinski definition) is 4. The Labute approximate surface area is 93.5 Å². The van der Waals surface area contributed by atoms with E-state index >= 15 is 0 Å². The molecule has 0 spiro atoms. The summed E-state index contributed by atoms with van der Waals surface area (Å²) < 4.78 is 0. The summed E-state index contributed by atoms with van der Waals surface area (Å²) in [6.45, 7) is 0.307. The smallest absolute Gasteiger partial charge is 0.240 e. The van der Waals surface area contributed by atoms with Crippen LogP contribution in [0.2, 0.25) is 0 Å². The van der Waals surface area contributed by atoms with E-state index in [-0.39, 0.29) is 19.0 Å². The summed E-state index contributed by atoms with van der Waals surface area (Å²) in [7, 11) is 0. The van der Waals surface area contributed by atoms with Gasteiger partial charge in [-0.25, -0.2) is 4.98 Å². The third-order valence-corrected chi connectivity index (χ3v) is 1.71. The van der Waals surface area contributed by atoms with Crippen LogP contribution in [0.15, 0.2) is 18.3 Å². The van der Waals surface area contributed by atoms with E-state index in [0.717, 1.165) is 0 Å². The third-order valence-electron chi connectivity index (χ3n) is 1.71. The molecular formula is C11H10N4O. The van der Waals surface area contributed by atoms with Gasteiger partial charge < -0.3 is 10.6 Å². The molecule has 5 nitrogen and oxygen atoms in total. The van der Waals surface area contributed by atoms with E-state index in [1.807, 2.05) is 6.07 Å². The summed E-state index contributed by atoms with van der Waals surface area (Å²) in [5.74, 6) is 2.63. The lowest BCUT2D eigenvalue weighted by molar-refractivity contribution is -0.119. The van der Waals surface area contributed by atoms with Crippen molar-refractivity contribution in [1.29, 1.82) is 5.26 Å². The van der Waals surface area contributed by atoms with Gasteiger partial charge in [-0.2, -0.15) is 5.26 Å². The normalized spacial score (nSPS) is 8.62. The fourth-order valence-electron chi connectivity index (χ4n) is 0.948. The first-order chi connectivity index (χ1) is 7.76. The standard InChI is InChI=1S/C11H10N4O/c1-2-5-13-11(16)8-15-10-4-3-9(6-12)7-14-10/h1,3-4,7H,5,8H2,(H,13,16)(H,14,15). The van der Waals surface area contributed by atoms with E-state index < -0.39 is 0 Å². The van der Waals surface area contributed by atoms with Crippen molar-refractivity contribution in [2.24, 2.45) is 0 Å². The minimum absolute atomic E-state index is 0.0978. The molecule has 5 heteroatoms. The molecular weight excluding hydrogens is 204 g/mol. The molecule has 80 valence electrons. The highest BCUT2D eigenvalue weighted by atomic mass is 16.1. The van der Waals surface area contributed by atoms with Gasteiger partial charge in [-0.3, -0.25) is 4.79 Å². The Balaban J connectivity index is 2.40. The molecule has 0 aliphatic heterocycles. The SMILES string of the molecule is C#CCNC(=O)CNc1ccc(C#N)cn1. The van der Waals surface area contributed by atoms with E-state index in [1.54, 1.807) is 12.1 Å². The number of rotatable bonds is 4. The average molecular weight is 214 g/mol. The summed E-state index contributed by atoms with van der Waals surface area (Å²) in [4.78, 5) is 15.1. The number of nitriles is 1. The van der Waals surface area contributed by atoms with Crippen LogP contribution in [0.1, 0.15) is 5.56 Å². The molecule has 0 bridgehead atoms. The zero-order valence-corrected chi connectivity index (χ0v) is 8.53. The van der Waals surface area contributed by atoms with Crippen LogP contribution in [0.4, 0.5) is 5.82 Å². The molecule has 2 N–H and O–H groups in total. The zero-order chi connectivity index (χ0) is 11.8. The lowest BCUT2D eigenvalue weighted by Crippen LogP contribution is -2.30. The second-order valence-electron chi connectivity index (χ2n) is 2.88. The molecule has 0 aliphatic carbocycles. The second kappa shape index (κ2) is 6.05. The highest BCUT2D eigenvalue weighted by Crippen LogP contribution is 2.02. The van der Waals surface area contributed by atoms with Crippen molar-refractivity contribution in [3.05, 3.63) is 23.9 Å². The molecule has 0 fully saturated rings. The minimum Gasteiger partial charge on any atom is -0.361 e. The molecule has 0 aliphatic rings. The monoisotopic (exact) mass is 214 g/mol. The van der Waals surface area contributed by atoms with E-state index in [2.05, 4.69) is 21.5 Å². The Kier molecular flexibility index (Phi) is 4.36.